The average molecular weight is 212 g/mol. The molecule has 0 saturated carbocycles. The van der Waals surface area contributed by atoms with Crippen LogP contribution in [0.2, 0.25) is 0 Å². The lowest BCUT2D eigenvalue weighted by molar-refractivity contribution is 0.362. The monoisotopic (exact) mass is 212 g/mol. The van der Waals surface area contributed by atoms with Gasteiger partial charge in [-0.05, 0) is 29.9 Å². The molecule has 1 aromatic rings. The largest absolute Gasteiger partial charge is 0.295 e. The molecule has 14 heavy (non-hydrogen) atoms. The molecule has 0 unspecified atom stereocenters. The van der Waals surface area contributed by atoms with Gasteiger partial charge in [0.2, 0.25) is 0 Å². The molecule has 74 valence electrons. The van der Waals surface area contributed by atoms with Crippen molar-refractivity contribution in [1.82, 2.24) is 21.7 Å². The Morgan fingerprint density at radius 1 is 1.07 bits per heavy atom. The maximum atomic E-state index is 12.6. The van der Waals surface area contributed by atoms with Crippen LogP contribution in [0.3, 0.4) is 0 Å². The Bertz CT molecular complexity index is 330. The third kappa shape index (κ3) is 1.98. The van der Waals surface area contributed by atoms with Gasteiger partial charge in [0.25, 0.3) is 0 Å². The molecule has 0 aliphatic carbocycles. The molecule has 0 radical (unpaired) electrons. The Kier molecular flexibility index (Phi) is 2.58. The highest BCUT2D eigenvalue weighted by Gasteiger charge is 2.14. The summed E-state index contributed by atoms with van der Waals surface area (Å²) >= 11 is 4.82. The molecule has 1 saturated heterocycles. The van der Waals surface area contributed by atoms with Crippen LogP contribution in [-0.2, 0) is 0 Å². The van der Waals surface area contributed by atoms with E-state index in [1.807, 2.05) is 0 Å². The van der Waals surface area contributed by atoms with Gasteiger partial charge in [-0.1, -0.05) is 12.1 Å². The van der Waals surface area contributed by atoms with Gasteiger partial charge in [0, 0.05) is 0 Å². The van der Waals surface area contributed by atoms with Crippen LogP contribution in [0.25, 0.3) is 0 Å². The van der Waals surface area contributed by atoms with E-state index in [0.29, 0.717) is 5.11 Å². The van der Waals surface area contributed by atoms with Gasteiger partial charge in [-0.2, -0.15) is 0 Å². The van der Waals surface area contributed by atoms with Crippen molar-refractivity contribution in [3.8, 4) is 0 Å². The highest BCUT2D eigenvalue weighted by atomic mass is 32.1. The maximum absolute atomic E-state index is 12.6. The van der Waals surface area contributed by atoms with E-state index < -0.39 is 0 Å². The van der Waals surface area contributed by atoms with Crippen molar-refractivity contribution in [2.45, 2.75) is 6.17 Å². The molecule has 1 aliphatic heterocycles. The minimum Gasteiger partial charge on any atom is -0.295 e. The molecule has 2 rings (SSSR count). The zero-order valence-corrected chi connectivity index (χ0v) is 7.99. The Labute approximate surface area is 85.8 Å². The van der Waals surface area contributed by atoms with Crippen LogP contribution in [0.15, 0.2) is 24.3 Å². The smallest absolute Gasteiger partial charge is 0.195 e. The fourth-order valence-electron chi connectivity index (χ4n) is 1.16. The lowest BCUT2D eigenvalue weighted by Crippen LogP contribution is -2.61. The minimum absolute atomic E-state index is 0.137. The highest BCUT2D eigenvalue weighted by Crippen LogP contribution is 2.10. The second kappa shape index (κ2) is 3.87. The van der Waals surface area contributed by atoms with Crippen LogP contribution < -0.4 is 21.7 Å². The zero-order valence-electron chi connectivity index (χ0n) is 7.17. The molecule has 0 bridgehead atoms. The van der Waals surface area contributed by atoms with E-state index in [-0.39, 0.29) is 12.0 Å². The molecular formula is C8H9FN4S. The second-order valence-electron chi connectivity index (χ2n) is 2.85. The van der Waals surface area contributed by atoms with E-state index in [0.717, 1.165) is 5.56 Å². The van der Waals surface area contributed by atoms with E-state index in [4.69, 9.17) is 12.2 Å². The lowest BCUT2D eigenvalue weighted by Gasteiger charge is -2.28. The number of halogens is 1. The van der Waals surface area contributed by atoms with Gasteiger partial charge in [-0.15, -0.1) is 0 Å². The second-order valence-corrected chi connectivity index (χ2v) is 3.26. The molecule has 1 fully saturated rings. The standard InChI is InChI=1S/C8H9FN4S/c9-6-3-1-5(2-4-6)7-10-12-8(14)13-11-7/h1-4,7,10-11H,(H2,12,13,14). The third-order valence-corrected chi connectivity index (χ3v) is 2.07. The lowest BCUT2D eigenvalue weighted by atomic mass is 10.2. The Balaban J connectivity index is 2.08. The average Bonchev–Trinajstić information content (AvgIpc) is 2.21. The van der Waals surface area contributed by atoms with E-state index in [9.17, 15) is 4.39 Å². The number of nitrogens with one attached hydrogen (secondary N) is 4. The summed E-state index contributed by atoms with van der Waals surface area (Å²) < 4.78 is 12.6. The van der Waals surface area contributed by atoms with Gasteiger partial charge in [0.1, 0.15) is 12.0 Å². The summed E-state index contributed by atoms with van der Waals surface area (Å²) in [5.41, 5.74) is 12.3. The SMILES string of the molecule is Fc1ccc(C2NNC(=S)NN2)cc1. The van der Waals surface area contributed by atoms with Crippen molar-refractivity contribution in [3.63, 3.8) is 0 Å². The molecular weight excluding hydrogens is 203 g/mol. The molecule has 0 spiro atoms. The number of benzene rings is 1. The van der Waals surface area contributed by atoms with Gasteiger partial charge in [-0.3, -0.25) is 10.9 Å². The highest BCUT2D eigenvalue weighted by molar-refractivity contribution is 7.80. The molecule has 0 atom stereocenters. The van der Waals surface area contributed by atoms with Crippen molar-refractivity contribution >= 4 is 17.3 Å². The quantitative estimate of drug-likeness (QED) is 0.505. The Hall–Kier alpha value is -1.24. The van der Waals surface area contributed by atoms with Crippen molar-refractivity contribution in [1.29, 1.82) is 0 Å². The summed E-state index contributed by atoms with van der Waals surface area (Å²) in [5, 5.41) is 0.475. The predicted octanol–water partition coefficient (Wildman–Crippen LogP) is 0.311. The summed E-state index contributed by atoms with van der Waals surface area (Å²) in [4.78, 5) is 0. The molecule has 1 aliphatic rings. The molecule has 1 heterocycles. The summed E-state index contributed by atoms with van der Waals surface area (Å²) in [6.45, 7) is 0. The van der Waals surface area contributed by atoms with Gasteiger partial charge in [-0.25, -0.2) is 15.2 Å². The van der Waals surface area contributed by atoms with E-state index in [2.05, 4.69) is 21.7 Å². The Morgan fingerprint density at radius 2 is 1.64 bits per heavy atom. The molecule has 1 aromatic carbocycles. The maximum Gasteiger partial charge on any atom is 0.195 e. The predicted molar refractivity (Wildman–Crippen MR) is 54.3 cm³/mol. The number of hydrogen-bond acceptors (Lipinski definition) is 3. The van der Waals surface area contributed by atoms with E-state index in [1.165, 1.54) is 12.1 Å². The summed E-state index contributed by atoms with van der Waals surface area (Å²) in [5.74, 6) is -0.249. The normalized spacial score (nSPS) is 17.4. The molecule has 6 heteroatoms. The van der Waals surface area contributed by atoms with Crippen molar-refractivity contribution in [2.75, 3.05) is 0 Å². The van der Waals surface area contributed by atoms with Crippen molar-refractivity contribution in [2.24, 2.45) is 0 Å². The van der Waals surface area contributed by atoms with Crippen LogP contribution in [0.5, 0.6) is 0 Å². The van der Waals surface area contributed by atoms with Gasteiger partial charge in [0.05, 0.1) is 0 Å². The first kappa shape index (κ1) is 9.32. The number of hydrogen-bond donors (Lipinski definition) is 4. The first-order valence-corrected chi connectivity index (χ1v) is 4.49. The van der Waals surface area contributed by atoms with Crippen LogP contribution >= 0.6 is 12.2 Å². The number of thiocarbonyl (C=S) groups is 1. The van der Waals surface area contributed by atoms with Crippen molar-refractivity contribution < 1.29 is 4.39 Å². The Morgan fingerprint density at radius 3 is 2.21 bits per heavy atom. The zero-order chi connectivity index (χ0) is 9.97. The minimum atomic E-state index is -0.249. The first-order valence-electron chi connectivity index (χ1n) is 4.08. The van der Waals surface area contributed by atoms with E-state index in [1.54, 1.807) is 12.1 Å². The number of rotatable bonds is 1. The van der Waals surface area contributed by atoms with Crippen LogP contribution in [-0.4, -0.2) is 5.11 Å². The first-order chi connectivity index (χ1) is 6.75. The fourth-order valence-corrected chi connectivity index (χ4v) is 1.28. The fraction of sp³-hybridized carbons (Fsp3) is 0.125. The summed E-state index contributed by atoms with van der Waals surface area (Å²) in [6, 6.07) is 6.20. The van der Waals surface area contributed by atoms with Gasteiger partial charge >= 0.3 is 0 Å². The van der Waals surface area contributed by atoms with Gasteiger partial charge < -0.3 is 0 Å². The van der Waals surface area contributed by atoms with Crippen LogP contribution in [0.1, 0.15) is 11.7 Å². The molecule has 4 N–H and O–H groups in total. The van der Waals surface area contributed by atoms with Crippen molar-refractivity contribution in [3.05, 3.63) is 35.6 Å². The van der Waals surface area contributed by atoms with Crippen LogP contribution in [0, 0.1) is 5.82 Å². The molecule has 4 nitrogen and oxygen atoms in total. The topological polar surface area (TPSA) is 48.1 Å². The van der Waals surface area contributed by atoms with E-state index >= 15 is 0 Å². The summed E-state index contributed by atoms with van der Waals surface area (Å²) in [6.07, 6.45) is -0.137. The third-order valence-electron chi connectivity index (χ3n) is 1.86. The molecule has 0 aromatic heterocycles. The molecule has 0 amide bonds. The summed E-state index contributed by atoms with van der Waals surface area (Å²) in [7, 11) is 0. The number of hydrazine groups is 2. The van der Waals surface area contributed by atoms with Crippen LogP contribution in [0.4, 0.5) is 4.39 Å². The van der Waals surface area contributed by atoms with Gasteiger partial charge in [0.15, 0.2) is 5.11 Å².